The first kappa shape index (κ1) is 14.9. The van der Waals surface area contributed by atoms with Gasteiger partial charge in [-0.3, -0.25) is 0 Å². The highest BCUT2D eigenvalue weighted by atomic mass is 16.5. The van der Waals surface area contributed by atoms with Crippen molar-refractivity contribution in [1.82, 2.24) is 0 Å². The Kier molecular flexibility index (Phi) is 4.46. The molecule has 0 aliphatic carbocycles. The summed E-state index contributed by atoms with van der Waals surface area (Å²) >= 11 is 0. The molecule has 108 valence electrons. The highest BCUT2D eigenvalue weighted by Gasteiger charge is 2.29. The van der Waals surface area contributed by atoms with E-state index in [1.54, 1.807) is 7.11 Å². The Morgan fingerprint density at radius 2 is 1.90 bits per heavy atom. The summed E-state index contributed by atoms with van der Waals surface area (Å²) in [5.41, 5.74) is 7.00. The molecule has 0 radical (unpaired) electrons. The van der Waals surface area contributed by atoms with Gasteiger partial charge in [-0.05, 0) is 17.7 Å². The van der Waals surface area contributed by atoms with Crippen LogP contribution < -0.4 is 15.4 Å². The molecule has 4 heteroatoms. The van der Waals surface area contributed by atoms with Crippen LogP contribution in [0.4, 0.5) is 5.69 Å². The molecular formula is C17H19N3O. The second-order valence-electron chi connectivity index (χ2n) is 5.01. The van der Waals surface area contributed by atoms with Gasteiger partial charge in [0.2, 0.25) is 0 Å². The maximum atomic E-state index is 9.51. The summed E-state index contributed by atoms with van der Waals surface area (Å²) in [5.74, 6) is 0.777. The first-order chi connectivity index (χ1) is 10.1. The minimum Gasteiger partial charge on any atom is -0.497 e. The Bertz CT molecular complexity index is 636. The van der Waals surface area contributed by atoms with Gasteiger partial charge < -0.3 is 15.4 Å². The Morgan fingerprint density at radius 1 is 1.19 bits per heavy atom. The van der Waals surface area contributed by atoms with Crippen molar-refractivity contribution in [1.29, 1.82) is 5.26 Å². The van der Waals surface area contributed by atoms with Gasteiger partial charge in [0.05, 0.1) is 19.7 Å². The summed E-state index contributed by atoms with van der Waals surface area (Å²) < 4.78 is 5.22. The normalized spacial score (nSPS) is 13.0. The third-order valence-corrected chi connectivity index (χ3v) is 3.47. The fraction of sp³-hybridized carbons (Fsp3) is 0.235. The minimum atomic E-state index is -1.06. The largest absolute Gasteiger partial charge is 0.497 e. The number of anilines is 1. The van der Waals surface area contributed by atoms with Crippen LogP contribution in [0, 0.1) is 11.3 Å². The fourth-order valence-electron chi connectivity index (χ4n) is 2.24. The summed E-state index contributed by atoms with van der Waals surface area (Å²) in [6.07, 6.45) is 0. The van der Waals surface area contributed by atoms with Crippen LogP contribution >= 0.6 is 0 Å². The summed E-state index contributed by atoms with van der Waals surface area (Å²) in [5, 5.41) is 9.51. The van der Waals surface area contributed by atoms with Gasteiger partial charge in [-0.2, -0.15) is 5.26 Å². The zero-order chi connectivity index (χ0) is 15.3. The van der Waals surface area contributed by atoms with Gasteiger partial charge in [0.25, 0.3) is 0 Å². The van der Waals surface area contributed by atoms with Crippen LogP contribution in [-0.4, -0.2) is 20.7 Å². The van der Waals surface area contributed by atoms with Crippen LogP contribution in [0.25, 0.3) is 0 Å². The third-order valence-electron chi connectivity index (χ3n) is 3.47. The van der Waals surface area contributed by atoms with Gasteiger partial charge in [0, 0.05) is 18.8 Å². The van der Waals surface area contributed by atoms with Crippen molar-refractivity contribution in [2.45, 2.75) is 5.54 Å². The smallest absolute Gasteiger partial charge is 0.147 e. The van der Waals surface area contributed by atoms with E-state index in [4.69, 9.17) is 10.5 Å². The Labute approximate surface area is 125 Å². The van der Waals surface area contributed by atoms with Crippen LogP contribution in [0.3, 0.4) is 0 Å². The van der Waals surface area contributed by atoms with Crippen molar-refractivity contribution in [3.8, 4) is 11.8 Å². The van der Waals surface area contributed by atoms with E-state index >= 15 is 0 Å². The molecule has 0 saturated heterocycles. The molecule has 0 aliphatic rings. The van der Waals surface area contributed by atoms with Crippen molar-refractivity contribution in [3.63, 3.8) is 0 Å². The Balaban J connectivity index is 2.24. The topological polar surface area (TPSA) is 62.3 Å². The second kappa shape index (κ2) is 6.29. The monoisotopic (exact) mass is 281 g/mol. The van der Waals surface area contributed by atoms with Gasteiger partial charge in [-0.15, -0.1) is 0 Å². The molecule has 0 saturated carbocycles. The van der Waals surface area contributed by atoms with E-state index in [1.807, 2.05) is 66.5 Å². The highest BCUT2D eigenvalue weighted by molar-refractivity contribution is 5.51. The SMILES string of the molecule is COc1cccc(N(C)CC(N)(C#N)c2ccccc2)c1. The molecule has 0 bridgehead atoms. The molecule has 0 aliphatic heterocycles. The lowest BCUT2D eigenvalue weighted by molar-refractivity contribution is 0.414. The predicted molar refractivity (Wildman–Crippen MR) is 84.2 cm³/mol. The van der Waals surface area contributed by atoms with Crippen LogP contribution in [0.1, 0.15) is 5.56 Å². The maximum absolute atomic E-state index is 9.51. The lowest BCUT2D eigenvalue weighted by atomic mass is 9.92. The molecule has 4 nitrogen and oxygen atoms in total. The summed E-state index contributed by atoms with van der Waals surface area (Å²) in [7, 11) is 3.54. The number of benzene rings is 2. The lowest BCUT2D eigenvalue weighted by Crippen LogP contribution is -2.45. The van der Waals surface area contributed by atoms with E-state index in [0.717, 1.165) is 17.0 Å². The molecule has 0 fully saturated rings. The molecule has 0 amide bonds. The predicted octanol–water partition coefficient (Wildman–Crippen LogP) is 2.51. The Morgan fingerprint density at radius 3 is 2.52 bits per heavy atom. The molecule has 0 aromatic heterocycles. The lowest BCUT2D eigenvalue weighted by Gasteiger charge is -2.29. The van der Waals surface area contributed by atoms with Gasteiger partial charge in [0.1, 0.15) is 11.3 Å². The van der Waals surface area contributed by atoms with E-state index < -0.39 is 5.54 Å². The summed E-state index contributed by atoms with van der Waals surface area (Å²) in [4.78, 5) is 1.96. The summed E-state index contributed by atoms with van der Waals surface area (Å²) in [6.45, 7) is 0.390. The number of nitrogens with two attached hydrogens (primary N) is 1. The van der Waals surface area contributed by atoms with Crippen molar-refractivity contribution in [2.75, 3.05) is 25.6 Å². The fourth-order valence-corrected chi connectivity index (χ4v) is 2.24. The number of hydrogen-bond acceptors (Lipinski definition) is 4. The molecule has 2 aromatic carbocycles. The van der Waals surface area contributed by atoms with Crippen molar-refractivity contribution < 1.29 is 4.74 Å². The van der Waals surface area contributed by atoms with Gasteiger partial charge >= 0.3 is 0 Å². The van der Waals surface area contributed by atoms with E-state index in [2.05, 4.69) is 6.07 Å². The number of ether oxygens (including phenoxy) is 1. The van der Waals surface area contributed by atoms with Crippen LogP contribution in [-0.2, 0) is 5.54 Å². The minimum absolute atomic E-state index is 0.390. The molecular weight excluding hydrogens is 262 g/mol. The zero-order valence-corrected chi connectivity index (χ0v) is 12.3. The number of nitriles is 1. The highest BCUT2D eigenvalue weighted by Crippen LogP contribution is 2.24. The number of likely N-dealkylation sites (N-methyl/N-ethyl adjacent to an activating group) is 1. The second-order valence-corrected chi connectivity index (χ2v) is 5.01. The summed E-state index contributed by atoms with van der Waals surface area (Å²) in [6, 6.07) is 19.4. The zero-order valence-electron chi connectivity index (χ0n) is 12.3. The van der Waals surface area contributed by atoms with Gasteiger partial charge in [0.15, 0.2) is 0 Å². The van der Waals surface area contributed by atoms with Crippen molar-refractivity contribution in [2.24, 2.45) is 5.73 Å². The van der Waals surface area contributed by atoms with Crippen LogP contribution in [0.15, 0.2) is 54.6 Å². The van der Waals surface area contributed by atoms with E-state index in [9.17, 15) is 5.26 Å². The van der Waals surface area contributed by atoms with Gasteiger partial charge in [-0.25, -0.2) is 0 Å². The Hall–Kier alpha value is -2.51. The molecule has 0 spiro atoms. The number of hydrogen-bond donors (Lipinski definition) is 1. The molecule has 2 N–H and O–H groups in total. The van der Waals surface area contributed by atoms with E-state index in [0.29, 0.717) is 6.54 Å². The number of rotatable bonds is 5. The average Bonchev–Trinajstić information content (AvgIpc) is 2.55. The molecule has 1 atom stereocenters. The third kappa shape index (κ3) is 3.33. The van der Waals surface area contributed by atoms with Crippen LogP contribution in [0.5, 0.6) is 5.75 Å². The number of nitrogens with zero attached hydrogens (tertiary/aromatic N) is 2. The standard InChI is InChI=1S/C17H19N3O/c1-20(15-9-6-10-16(11-15)21-2)13-17(19,12-18)14-7-4-3-5-8-14/h3-11H,13,19H2,1-2H3. The van der Waals surface area contributed by atoms with Crippen molar-refractivity contribution >= 4 is 5.69 Å². The van der Waals surface area contributed by atoms with Gasteiger partial charge in [-0.1, -0.05) is 36.4 Å². The quantitative estimate of drug-likeness (QED) is 0.914. The van der Waals surface area contributed by atoms with E-state index in [1.165, 1.54) is 0 Å². The first-order valence-corrected chi connectivity index (χ1v) is 6.70. The number of methoxy groups -OCH3 is 1. The maximum Gasteiger partial charge on any atom is 0.147 e. The average molecular weight is 281 g/mol. The molecule has 21 heavy (non-hydrogen) atoms. The van der Waals surface area contributed by atoms with E-state index in [-0.39, 0.29) is 0 Å². The molecule has 2 aromatic rings. The molecule has 1 unspecified atom stereocenters. The first-order valence-electron chi connectivity index (χ1n) is 6.70. The molecule has 0 heterocycles. The van der Waals surface area contributed by atoms with Crippen molar-refractivity contribution in [3.05, 3.63) is 60.2 Å². The molecule has 2 rings (SSSR count). The van der Waals surface area contributed by atoms with Crippen LogP contribution in [0.2, 0.25) is 0 Å².